The number of hydrogen-bond acceptors (Lipinski definition) is 6. The summed E-state index contributed by atoms with van der Waals surface area (Å²) in [4.78, 5) is 8.70. The summed E-state index contributed by atoms with van der Waals surface area (Å²) >= 11 is 0. The van der Waals surface area contributed by atoms with Crippen molar-refractivity contribution in [3.8, 4) is 0 Å². The van der Waals surface area contributed by atoms with E-state index in [0.29, 0.717) is 6.42 Å². The molecule has 1 aliphatic carbocycles. The Morgan fingerprint density at radius 2 is 2.11 bits per heavy atom. The van der Waals surface area contributed by atoms with E-state index in [9.17, 15) is 10.2 Å². The maximum Gasteiger partial charge on any atom is 0.103 e. The molecule has 0 radical (unpaired) electrons. The molecule has 0 aromatic carbocycles. The topological polar surface area (TPSA) is 95.2 Å². The molecule has 4 heterocycles. The number of anilines is 1. The molecule has 2 aliphatic rings. The van der Waals surface area contributed by atoms with Crippen LogP contribution in [0.15, 0.2) is 36.9 Å². The number of nitrogens with zero attached hydrogens (tertiary/aromatic N) is 3. The van der Waals surface area contributed by atoms with Crippen molar-refractivity contribution >= 4 is 16.6 Å². The van der Waals surface area contributed by atoms with Gasteiger partial charge in [-0.05, 0) is 49.6 Å². The van der Waals surface area contributed by atoms with E-state index in [4.69, 9.17) is 0 Å². The minimum absolute atomic E-state index is 0.197. The Kier molecular flexibility index (Phi) is 4.30. The maximum absolute atomic E-state index is 10.8. The third-order valence-corrected chi connectivity index (χ3v) is 6.22. The lowest BCUT2D eigenvalue weighted by molar-refractivity contribution is 0.0209. The summed E-state index contributed by atoms with van der Waals surface area (Å²) in [6.45, 7) is 3.74. The van der Waals surface area contributed by atoms with Gasteiger partial charge in [-0.2, -0.15) is 0 Å². The Morgan fingerprint density at radius 1 is 1.21 bits per heavy atom. The molecule has 4 N–H and O–H groups in total. The highest BCUT2D eigenvalue weighted by Gasteiger charge is 2.43. The predicted molar refractivity (Wildman–Crippen MR) is 107 cm³/mol. The van der Waals surface area contributed by atoms with Crippen LogP contribution in [0.5, 0.6) is 0 Å². The predicted octanol–water partition coefficient (Wildman–Crippen LogP) is 1.53. The molecule has 5 rings (SSSR count). The zero-order valence-electron chi connectivity index (χ0n) is 15.8. The van der Waals surface area contributed by atoms with Crippen LogP contribution in [0.3, 0.4) is 0 Å². The Labute approximate surface area is 163 Å². The first-order chi connectivity index (χ1) is 13.6. The van der Waals surface area contributed by atoms with Crippen LogP contribution in [0, 0.1) is 6.92 Å². The van der Waals surface area contributed by atoms with E-state index in [2.05, 4.69) is 25.2 Å². The molecule has 0 spiro atoms. The van der Waals surface area contributed by atoms with Gasteiger partial charge in [-0.1, -0.05) is 0 Å². The molecule has 146 valence electrons. The molecule has 0 amide bonds. The summed E-state index contributed by atoms with van der Waals surface area (Å²) in [5, 5.41) is 29.5. The average molecular weight is 379 g/mol. The average Bonchev–Trinajstić information content (AvgIpc) is 3.26. The van der Waals surface area contributed by atoms with Crippen LogP contribution in [0.1, 0.15) is 29.3 Å². The second-order valence-electron chi connectivity index (χ2n) is 7.84. The lowest BCUT2D eigenvalue weighted by Gasteiger charge is -2.24. The SMILES string of the molecule is Cc1nccc2c1ccn2C1CC(Nc2cncc3c2CNCC3)C(O)C1O. The van der Waals surface area contributed by atoms with Crippen LogP contribution in [0.2, 0.25) is 0 Å². The summed E-state index contributed by atoms with van der Waals surface area (Å²) in [6.07, 6.45) is 7.41. The van der Waals surface area contributed by atoms with Gasteiger partial charge in [0.05, 0.1) is 29.5 Å². The largest absolute Gasteiger partial charge is 0.388 e. The second-order valence-corrected chi connectivity index (χ2v) is 7.84. The summed E-state index contributed by atoms with van der Waals surface area (Å²) in [5.74, 6) is 0. The van der Waals surface area contributed by atoms with Crippen molar-refractivity contribution in [2.24, 2.45) is 0 Å². The van der Waals surface area contributed by atoms with E-state index in [1.807, 2.05) is 37.6 Å². The van der Waals surface area contributed by atoms with Gasteiger partial charge in [-0.25, -0.2) is 0 Å². The molecular formula is C21H25N5O2. The number of nitrogens with one attached hydrogen (secondary N) is 2. The molecule has 3 aromatic heterocycles. The fourth-order valence-corrected chi connectivity index (χ4v) is 4.66. The molecule has 1 fully saturated rings. The number of fused-ring (bicyclic) bond motifs is 2. The standard InChI is InChI=1S/C21H25N5O2/c1-12-14-4-7-26(18(14)3-6-24-12)19-8-16(20(27)21(19)28)25-17-11-23-9-13-2-5-22-10-15(13)17/h3-4,6-7,9,11,16,19-22,25,27-28H,2,5,8,10H2,1H3. The molecular weight excluding hydrogens is 354 g/mol. The first kappa shape index (κ1) is 17.6. The third kappa shape index (κ3) is 2.78. The highest BCUT2D eigenvalue weighted by molar-refractivity contribution is 5.82. The normalized spacial score (nSPS) is 27.1. The van der Waals surface area contributed by atoms with E-state index in [-0.39, 0.29) is 12.1 Å². The number of aliphatic hydroxyl groups is 2. The number of rotatable bonds is 3. The molecule has 1 aliphatic heterocycles. The Morgan fingerprint density at radius 3 is 3.00 bits per heavy atom. The Balaban J connectivity index is 1.43. The minimum Gasteiger partial charge on any atom is -0.388 e. The van der Waals surface area contributed by atoms with Crippen molar-refractivity contribution < 1.29 is 10.2 Å². The highest BCUT2D eigenvalue weighted by atomic mass is 16.3. The van der Waals surface area contributed by atoms with E-state index in [1.54, 1.807) is 6.20 Å². The fraction of sp³-hybridized carbons (Fsp3) is 0.429. The molecule has 4 unspecified atom stereocenters. The van der Waals surface area contributed by atoms with E-state index >= 15 is 0 Å². The second kappa shape index (κ2) is 6.84. The van der Waals surface area contributed by atoms with Crippen molar-refractivity contribution in [3.63, 3.8) is 0 Å². The van der Waals surface area contributed by atoms with Crippen LogP contribution < -0.4 is 10.6 Å². The summed E-state index contributed by atoms with van der Waals surface area (Å²) in [5.41, 5.74) is 5.40. The summed E-state index contributed by atoms with van der Waals surface area (Å²) in [6, 6.07) is 3.56. The summed E-state index contributed by atoms with van der Waals surface area (Å²) < 4.78 is 2.07. The van der Waals surface area contributed by atoms with Crippen molar-refractivity contribution in [3.05, 3.63) is 53.7 Å². The molecule has 3 aromatic rings. The van der Waals surface area contributed by atoms with Gasteiger partial charge >= 0.3 is 0 Å². The highest BCUT2D eigenvalue weighted by Crippen LogP contribution is 2.36. The van der Waals surface area contributed by atoms with Crippen molar-refractivity contribution in [1.82, 2.24) is 19.9 Å². The number of pyridine rings is 2. The van der Waals surface area contributed by atoms with Crippen LogP contribution in [-0.4, -0.2) is 49.5 Å². The van der Waals surface area contributed by atoms with E-state index < -0.39 is 12.2 Å². The van der Waals surface area contributed by atoms with Crippen molar-refractivity contribution in [1.29, 1.82) is 0 Å². The van der Waals surface area contributed by atoms with Crippen LogP contribution in [0.25, 0.3) is 10.9 Å². The van der Waals surface area contributed by atoms with Crippen LogP contribution in [0.4, 0.5) is 5.69 Å². The molecule has 7 nitrogen and oxygen atoms in total. The summed E-state index contributed by atoms with van der Waals surface area (Å²) in [7, 11) is 0. The third-order valence-electron chi connectivity index (χ3n) is 6.22. The zero-order chi connectivity index (χ0) is 19.3. The first-order valence-electron chi connectivity index (χ1n) is 9.85. The number of hydrogen-bond donors (Lipinski definition) is 4. The van der Waals surface area contributed by atoms with Gasteiger partial charge in [0, 0.05) is 36.2 Å². The van der Waals surface area contributed by atoms with Crippen LogP contribution >= 0.6 is 0 Å². The number of aryl methyl sites for hydroxylation is 1. The number of aromatic nitrogens is 3. The number of aliphatic hydroxyl groups excluding tert-OH is 2. The fourth-order valence-electron chi connectivity index (χ4n) is 4.66. The molecule has 0 saturated heterocycles. The monoisotopic (exact) mass is 379 g/mol. The quantitative estimate of drug-likeness (QED) is 0.551. The van der Waals surface area contributed by atoms with E-state index in [1.165, 1.54) is 11.1 Å². The van der Waals surface area contributed by atoms with Gasteiger partial charge in [0.2, 0.25) is 0 Å². The van der Waals surface area contributed by atoms with Crippen molar-refractivity contribution in [2.45, 2.75) is 50.6 Å². The lowest BCUT2D eigenvalue weighted by atomic mass is 10.0. The van der Waals surface area contributed by atoms with Gasteiger partial charge in [0.1, 0.15) is 12.2 Å². The van der Waals surface area contributed by atoms with Gasteiger partial charge < -0.3 is 25.4 Å². The van der Waals surface area contributed by atoms with E-state index in [0.717, 1.165) is 41.8 Å². The molecule has 28 heavy (non-hydrogen) atoms. The maximum atomic E-state index is 10.8. The van der Waals surface area contributed by atoms with Gasteiger partial charge in [-0.15, -0.1) is 0 Å². The first-order valence-corrected chi connectivity index (χ1v) is 9.85. The van der Waals surface area contributed by atoms with Gasteiger partial charge in [0.25, 0.3) is 0 Å². The smallest absolute Gasteiger partial charge is 0.103 e. The Bertz CT molecular complexity index is 1020. The van der Waals surface area contributed by atoms with Crippen LogP contribution in [-0.2, 0) is 13.0 Å². The van der Waals surface area contributed by atoms with Gasteiger partial charge in [-0.3, -0.25) is 9.97 Å². The van der Waals surface area contributed by atoms with Gasteiger partial charge in [0.15, 0.2) is 0 Å². The molecule has 0 bridgehead atoms. The van der Waals surface area contributed by atoms with Crippen molar-refractivity contribution in [2.75, 3.05) is 11.9 Å². The zero-order valence-corrected chi connectivity index (χ0v) is 15.8. The Hall–Kier alpha value is -2.48. The lowest BCUT2D eigenvalue weighted by Crippen LogP contribution is -2.36. The molecule has 4 atom stereocenters. The molecule has 1 saturated carbocycles. The molecule has 7 heteroatoms. The minimum atomic E-state index is -0.849.